The molecule has 0 aliphatic carbocycles. The highest BCUT2D eigenvalue weighted by molar-refractivity contribution is 4.46. The predicted octanol–water partition coefficient (Wildman–Crippen LogP) is 8.01. The van der Waals surface area contributed by atoms with E-state index in [0.717, 1.165) is 6.54 Å². The van der Waals surface area contributed by atoms with Crippen LogP contribution in [0.25, 0.3) is 0 Å². The fraction of sp³-hybridized carbons (Fsp3) is 1.00. The first kappa shape index (κ1) is 25.2. The van der Waals surface area contributed by atoms with Crippen molar-refractivity contribution in [1.29, 1.82) is 0 Å². The molecule has 142 valence electrons. The van der Waals surface area contributed by atoms with Crippen molar-refractivity contribution in [3.8, 4) is 0 Å². The Bertz CT molecular complexity index is 149. The summed E-state index contributed by atoms with van der Waals surface area (Å²) in [5.41, 5.74) is 5.39. The largest absolute Gasteiger partial charge is 0.330 e. The van der Waals surface area contributed by atoms with Crippen molar-refractivity contribution in [1.82, 2.24) is 0 Å². The van der Waals surface area contributed by atoms with Gasteiger partial charge in [0.1, 0.15) is 0 Å². The van der Waals surface area contributed by atoms with Crippen molar-refractivity contribution in [3.63, 3.8) is 0 Å². The molecule has 0 aromatic rings. The number of hydrogen-bond donors (Lipinski definition) is 1. The predicted molar refractivity (Wildman–Crippen MR) is 109 cm³/mol. The molecule has 0 unspecified atom stereocenters. The molecule has 0 aromatic carbocycles. The third-order valence-corrected chi connectivity index (χ3v) is 4.51. The quantitative estimate of drug-likeness (QED) is 0.269. The van der Waals surface area contributed by atoms with E-state index in [-0.39, 0.29) is 0 Å². The van der Waals surface area contributed by atoms with Gasteiger partial charge in [-0.05, 0) is 13.0 Å². The molecule has 0 amide bonds. The summed E-state index contributed by atoms with van der Waals surface area (Å²) in [4.78, 5) is 0. The van der Waals surface area contributed by atoms with Gasteiger partial charge in [-0.15, -0.1) is 0 Å². The number of nitrogens with two attached hydrogens (primary N) is 1. The molecular formula is C22H49N. The van der Waals surface area contributed by atoms with E-state index < -0.39 is 0 Å². The van der Waals surface area contributed by atoms with E-state index in [9.17, 15) is 0 Å². The van der Waals surface area contributed by atoms with Crippen LogP contribution in [0.4, 0.5) is 0 Å². The van der Waals surface area contributed by atoms with Gasteiger partial charge in [-0.25, -0.2) is 0 Å². The van der Waals surface area contributed by atoms with Gasteiger partial charge >= 0.3 is 0 Å². The molecule has 0 radical (unpaired) electrons. The van der Waals surface area contributed by atoms with Gasteiger partial charge in [0.05, 0.1) is 0 Å². The van der Waals surface area contributed by atoms with Crippen molar-refractivity contribution in [3.05, 3.63) is 0 Å². The lowest BCUT2D eigenvalue weighted by Gasteiger charge is -1.99. The van der Waals surface area contributed by atoms with Crippen molar-refractivity contribution in [2.24, 2.45) is 5.73 Å². The molecule has 0 atom stereocenters. The molecule has 1 heteroatoms. The van der Waals surface area contributed by atoms with E-state index in [1.807, 2.05) is 0 Å². The third-order valence-electron chi connectivity index (χ3n) is 4.51. The Morgan fingerprint density at radius 3 is 0.783 bits per heavy atom. The minimum atomic E-state index is 0.870. The normalized spacial score (nSPS) is 10.4. The first-order valence-electron chi connectivity index (χ1n) is 11.0. The highest BCUT2D eigenvalue weighted by atomic mass is 14.5. The molecule has 0 fully saturated rings. The average molecular weight is 328 g/mol. The second kappa shape index (κ2) is 26.8. The smallest absolute Gasteiger partial charge is 0.00773 e. The Hall–Kier alpha value is -0.0400. The van der Waals surface area contributed by atoms with Crippen LogP contribution in [0.3, 0.4) is 0 Å². The summed E-state index contributed by atoms with van der Waals surface area (Å²) < 4.78 is 0. The van der Waals surface area contributed by atoms with Crippen molar-refractivity contribution < 1.29 is 0 Å². The van der Waals surface area contributed by atoms with Gasteiger partial charge in [0.2, 0.25) is 0 Å². The molecular weight excluding hydrogens is 278 g/mol. The topological polar surface area (TPSA) is 26.0 Å². The SMILES string of the molecule is CCCCCCCCCCCC.CCCCCCCCCCN. The maximum atomic E-state index is 5.39. The minimum absolute atomic E-state index is 0.870. The number of hydrogen-bond acceptors (Lipinski definition) is 1. The first-order chi connectivity index (χ1) is 11.3. The fourth-order valence-corrected chi connectivity index (χ4v) is 2.84. The maximum Gasteiger partial charge on any atom is -0.00773 e. The monoisotopic (exact) mass is 327 g/mol. The lowest BCUT2D eigenvalue weighted by atomic mass is 10.1. The van der Waals surface area contributed by atoms with Crippen molar-refractivity contribution in [2.45, 2.75) is 136 Å². The van der Waals surface area contributed by atoms with E-state index in [2.05, 4.69) is 20.8 Å². The Morgan fingerprint density at radius 1 is 0.348 bits per heavy atom. The van der Waals surface area contributed by atoms with E-state index >= 15 is 0 Å². The lowest BCUT2D eigenvalue weighted by molar-refractivity contribution is 0.562. The third kappa shape index (κ3) is 30.4. The van der Waals surface area contributed by atoms with Gasteiger partial charge in [-0.3, -0.25) is 0 Å². The van der Waals surface area contributed by atoms with Crippen molar-refractivity contribution >= 4 is 0 Å². The molecule has 0 aliphatic rings. The summed E-state index contributed by atoms with van der Waals surface area (Å²) in [6, 6.07) is 0. The van der Waals surface area contributed by atoms with Gasteiger partial charge in [-0.1, -0.05) is 130 Å². The minimum Gasteiger partial charge on any atom is -0.330 e. The summed E-state index contributed by atoms with van der Waals surface area (Å²) in [7, 11) is 0. The highest BCUT2D eigenvalue weighted by Crippen LogP contribution is 2.10. The Balaban J connectivity index is 0. The summed E-state index contributed by atoms with van der Waals surface area (Å²) in [6.07, 6.45) is 25.4. The zero-order valence-corrected chi connectivity index (χ0v) is 17.0. The summed E-state index contributed by atoms with van der Waals surface area (Å²) in [6.45, 7) is 7.69. The van der Waals surface area contributed by atoms with Crippen LogP contribution < -0.4 is 5.73 Å². The van der Waals surface area contributed by atoms with E-state index in [1.54, 1.807) is 0 Å². The molecule has 0 spiro atoms. The van der Waals surface area contributed by atoms with Crippen LogP contribution in [-0.4, -0.2) is 6.54 Å². The Morgan fingerprint density at radius 2 is 0.565 bits per heavy atom. The van der Waals surface area contributed by atoms with Gasteiger partial charge in [0.25, 0.3) is 0 Å². The van der Waals surface area contributed by atoms with Crippen LogP contribution in [0.2, 0.25) is 0 Å². The van der Waals surface area contributed by atoms with Crippen LogP contribution in [0, 0.1) is 0 Å². The van der Waals surface area contributed by atoms with Crippen LogP contribution in [0.5, 0.6) is 0 Å². The molecule has 0 bridgehead atoms. The molecule has 23 heavy (non-hydrogen) atoms. The second-order valence-electron chi connectivity index (χ2n) is 7.09. The van der Waals surface area contributed by atoms with E-state index in [0.29, 0.717) is 0 Å². The second-order valence-corrected chi connectivity index (χ2v) is 7.09. The van der Waals surface area contributed by atoms with Crippen LogP contribution in [-0.2, 0) is 0 Å². The molecule has 1 nitrogen and oxygen atoms in total. The lowest BCUT2D eigenvalue weighted by Crippen LogP contribution is -1.97. The van der Waals surface area contributed by atoms with E-state index in [4.69, 9.17) is 5.73 Å². The van der Waals surface area contributed by atoms with E-state index in [1.165, 1.54) is 116 Å². The van der Waals surface area contributed by atoms with Gasteiger partial charge in [0.15, 0.2) is 0 Å². The first-order valence-corrected chi connectivity index (χ1v) is 11.0. The molecule has 2 N–H and O–H groups in total. The van der Waals surface area contributed by atoms with Gasteiger partial charge < -0.3 is 5.73 Å². The molecule has 0 aromatic heterocycles. The number of unbranched alkanes of at least 4 members (excludes halogenated alkanes) is 16. The van der Waals surface area contributed by atoms with Crippen LogP contribution >= 0.6 is 0 Å². The molecule has 0 heterocycles. The van der Waals surface area contributed by atoms with Gasteiger partial charge in [-0.2, -0.15) is 0 Å². The average Bonchev–Trinajstić information content (AvgIpc) is 2.57. The molecule has 0 rings (SSSR count). The maximum absolute atomic E-state index is 5.39. The fourth-order valence-electron chi connectivity index (χ4n) is 2.84. The highest BCUT2D eigenvalue weighted by Gasteiger charge is 1.90. The Labute approximate surface area is 149 Å². The summed E-state index contributed by atoms with van der Waals surface area (Å²) in [5.74, 6) is 0. The Kier molecular flexibility index (Phi) is 29.4. The number of rotatable bonds is 17. The molecule has 0 saturated carbocycles. The van der Waals surface area contributed by atoms with Crippen molar-refractivity contribution in [2.75, 3.05) is 6.54 Å². The van der Waals surface area contributed by atoms with Gasteiger partial charge in [0, 0.05) is 0 Å². The zero-order chi connectivity index (χ0) is 17.4. The summed E-state index contributed by atoms with van der Waals surface area (Å²) >= 11 is 0. The van der Waals surface area contributed by atoms with Crippen LogP contribution in [0.1, 0.15) is 136 Å². The zero-order valence-electron chi connectivity index (χ0n) is 17.0. The molecule has 0 saturated heterocycles. The molecule has 0 aliphatic heterocycles. The standard InChI is InChI=1S/C12H26.C10H23N/c1-3-5-7-9-11-12-10-8-6-4-2;1-2-3-4-5-6-7-8-9-10-11/h3-12H2,1-2H3;2-11H2,1H3. The summed E-state index contributed by atoms with van der Waals surface area (Å²) in [5, 5.41) is 0. The van der Waals surface area contributed by atoms with Crippen LogP contribution in [0.15, 0.2) is 0 Å².